The quantitative estimate of drug-likeness (QED) is 0.114. The molecular weight excluding hydrogens is 1060 g/mol. The Labute approximate surface area is 515 Å². The molecule has 3 nitrogen and oxygen atoms in total. The summed E-state index contributed by atoms with van der Waals surface area (Å²) >= 11 is 0. The minimum atomic E-state index is -0.642. The zero-order valence-electron chi connectivity index (χ0n) is 48.4. The van der Waals surface area contributed by atoms with E-state index in [0.29, 0.717) is 0 Å². The smallest absolute Gasteiger partial charge is 0.0726 e. The Morgan fingerprint density at radius 2 is 0.420 bits per heavy atom. The van der Waals surface area contributed by atoms with Crippen molar-refractivity contribution in [2.75, 3.05) is 14.7 Å². The van der Waals surface area contributed by atoms with Crippen molar-refractivity contribution in [1.82, 2.24) is 0 Å². The van der Waals surface area contributed by atoms with Crippen LogP contribution in [0.1, 0.15) is 22.3 Å². The summed E-state index contributed by atoms with van der Waals surface area (Å²) < 4.78 is 0. The van der Waals surface area contributed by atoms with Crippen molar-refractivity contribution in [2.45, 2.75) is 5.41 Å². The van der Waals surface area contributed by atoms with E-state index < -0.39 is 5.41 Å². The Hall–Kier alpha value is -11.5. The molecule has 0 N–H and O–H groups in total. The first kappa shape index (κ1) is 52.1. The Morgan fingerprint density at radius 1 is 0.148 bits per heavy atom. The van der Waals surface area contributed by atoms with E-state index in [2.05, 4.69) is 373 Å². The molecule has 0 saturated heterocycles. The molecule has 14 aromatic rings. The summed E-state index contributed by atoms with van der Waals surface area (Å²) in [6.07, 6.45) is 0. The third kappa shape index (κ3) is 9.08. The second-order valence-electron chi connectivity index (χ2n) is 22.8. The Bertz CT molecular complexity index is 4640. The van der Waals surface area contributed by atoms with Gasteiger partial charge in [-0.05, 0) is 198 Å². The third-order valence-corrected chi connectivity index (χ3v) is 17.8. The number of nitrogens with zero attached hydrogens (tertiary/aromatic N) is 3. The maximum absolute atomic E-state index is 2.52. The monoisotopic (exact) mass is 1120 g/mol. The van der Waals surface area contributed by atoms with Crippen LogP contribution >= 0.6 is 0 Å². The first-order valence-electron chi connectivity index (χ1n) is 30.3. The molecule has 14 aromatic carbocycles. The van der Waals surface area contributed by atoms with Crippen molar-refractivity contribution in [1.29, 1.82) is 0 Å². The number of benzene rings is 14. The largest absolute Gasteiger partial charge is 0.310 e. The second-order valence-corrected chi connectivity index (χ2v) is 22.8. The van der Waals surface area contributed by atoms with Crippen LogP contribution in [-0.2, 0) is 5.41 Å². The number of hydrogen-bond donors (Lipinski definition) is 0. The normalized spacial score (nSPS) is 13.3. The van der Waals surface area contributed by atoms with Gasteiger partial charge in [-0.3, -0.25) is 0 Å². The van der Waals surface area contributed by atoms with Crippen LogP contribution in [0.15, 0.2) is 358 Å². The summed E-state index contributed by atoms with van der Waals surface area (Å²) in [5, 5.41) is 0. The predicted octanol–water partition coefficient (Wildman–Crippen LogP) is 23.1. The molecule has 414 valence electrons. The van der Waals surface area contributed by atoms with Gasteiger partial charge < -0.3 is 14.7 Å². The van der Waals surface area contributed by atoms with Crippen LogP contribution in [-0.4, -0.2) is 0 Å². The van der Waals surface area contributed by atoms with Crippen molar-refractivity contribution in [3.8, 4) is 66.8 Å². The van der Waals surface area contributed by atoms with E-state index in [0.717, 1.165) is 62.3 Å². The van der Waals surface area contributed by atoms with Crippen LogP contribution < -0.4 is 14.7 Å². The van der Waals surface area contributed by atoms with E-state index in [1.54, 1.807) is 0 Å². The number of fused-ring (bicyclic) bond motifs is 10. The summed E-state index contributed by atoms with van der Waals surface area (Å²) in [6.45, 7) is 0. The van der Waals surface area contributed by atoms with Crippen molar-refractivity contribution >= 4 is 51.2 Å². The van der Waals surface area contributed by atoms with Gasteiger partial charge in [0.1, 0.15) is 0 Å². The predicted molar refractivity (Wildman–Crippen MR) is 369 cm³/mol. The molecule has 1 unspecified atom stereocenters. The maximum atomic E-state index is 2.52. The van der Waals surface area contributed by atoms with Gasteiger partial charge in [-0.25, -0.2) is 0 Å². The van der Waals surface area contributed by atoms with Crippen molar-refractivity contribution in [3.05, 3.63) is 380 Å². The van der Waals surface area contributed by atoms with Gasteiger partial charge in [0.25, 0.3) is 0 Å². The van der Waals surface area contributed by atoms with Crippen molar-refractivity contribution in [3.63, 3.8) is 0 Å². The highest BCUT2D eigenvalue weighted by atomic mass is 15.2. The lowest BCUT2D eigenvalue weighted by atomic mass is 9.70. The standard InChI is InChI=1S/C85H59N3/c1-7-23-60(24-8-1)63-39-46-71(47-40-63)86(68-29-13-4-14-30-68)74-52-54-80-78-36-20-22-38-82(78)85(84(80)59-74)81-37-21-19-35-77(81)79-53-45-66(57-83(79)85)67-55-75(87(69-31-15-5-16-32-69)72-48-41-64(42-49-72)61-25-9-2-10-26-61)58-76(56-67)88(70-33-17-6-18-34-70)73-50-43-65(44-51-73)62-27-11-3-12-28-62/h1-59H. The average Bonchev–Trinajstić information content (AvgIpc) is 1.53. The molecule has 88 heavy (non-hydrogen) atoms. The first-order chi connectivity index (χ1) is 43.6. The Kier molecular flexibility index (Phi) is 13.1. The molecule has 2 aliphatic carbocycles. The zero-order chi connectivity index (χ0) is 58.4. The zero-order valence-corrected chi connectivity index (χ0v) is 48.4. The highest BCUT2D eigenvalue weighted by Gasteiger charge is 2.52. The lowest BCUT2D eigenvalue weighted by Crippen LogP contribution is -2.26. The van der Waals surface area contributed by atoms with E-state index in [1.807, 2.05) is 0 Å². The highest BCUT2D eigenvalue weighted by Crippen LogP contribution is 2.64. The lowest BCUT2D eigenvalue weighted by Gasteiger charge is -2.33. The van der Waals surface area contributed by atoms with Gasteiger partial charge in [0.15, 0.2) is 0 Å². The minimum Gasteiger partial charge on any atom is -0.310 e. The van der Waals surface area contributed by atoms with E-state index in [4.69, 9.17) is 0 Å². The molecule has 16 rings (SSSR count). The van der Waals surface area contributed by atoms with Gasteiger partial charge in [0, 0.05) is 51.2 Å². The fourth-order valence-corrected chi connectivity index (χ4v) is 13.8. The molecule has 3 heteroatoms. The van der Waals surface area contributed by atoms with Gasteiger partial charge in [-0.1, -0.05) is 249 Å². The fourth-order valence-electron chi connectivity index (χ4n) is 13.8. The Balaban J connectivity index is 0.908. The van der Waals surface area contributed by atoms with Gasteiger partial charge in [-0.2, -0.15) is 0 Å². The van der Waals surface area contributed by atoms with E-state index in [-0.39, 0.29) is 0 Å². The molecule has 0 aliphatic heterocycles. The molecule has 2 aliphatic rings. The summed E-state index contributed by atoms with van der Waals surface area (Å²) in [7, 11) is 0. The van der Waals surface area contributed by atoms with Gasteiger partial charge >= 0.3 is 0 Å². The fraction of sp³-hybridized carbons (Fsp3) is 0.0118. The van der Waals surface area contributed by atoms with Crippen molar-refractivity contribution in [2.24, 2.45) is 0 Å². The van der Waals surface area contributed by atoms with Crippen LogP contribution in [0.5, 0.6) is 0 Å². The van der Waals surface area contributed by atoms with Gasteiger partial charge in [0.2, 0.25) is 0 Å². The van der Waals surface area contributed by atoms with Crippen LogP contribution in [0.25, 0.3) is 66.8 Å². The number of para-hydroxylation sites is 3. The Morgan fingerprint density at radius 3 is 0.818 bits per heavy atom. The van der Waals surface area contributed by atoms with E-state index >= 15 is 0 Å². The van der Waals surface area contributed by atoms with Crippen LogP contribution in [0.4, 0.5) is 51.2 Å². The molecule has 1 atom stereocenters. The molecule has 0 radical (unpaired) electrons. The molecule has 0 aromatic heterocycles. The second kappa shape index (κ2) is 22.2. The number of rotatable bonds is 13. The molecule has 0 saturated carbocycles. The number of anilines is 9. The molecule has 0 heterocycles. The summed E-state index contributed by atoms with van der Waals surface area (Å²) in [5.74, 6) is 0. The van der Waals surface area contributed by atoms with Crippen LogP contribution in [0, 0.1) is 0 Å². The molecular formula is C85H59N3. The minimum absolute atomic E-state index is 0.642. The van der Waals surface area contributed by atoms with Crippen LogP contribution in [0.3, 0.4) is 0 Å². The van der Waals surface area contributed by atoms with E-state index in [9.17, 15) is 0 Å². The molecule has 1 spiro atoms. The number of hydrogen-bond acceptors (Lipinski definition) is 3. The van der Waals surface area contributed by atoms with Gasteiger partial charge in [0.05, 0.1) is 5.41 Å². The maximum Gasteiger partial charge on any atom is 0.0726 e. The summed E-state index contributed by atoms with van der Waals surface area (Å²) in [4.78, 5) is 7.23. The SMILES string of the molecule is c1ccc(-c2ccc(N(c3ccccc3)c3cc(-c4ccc5c(c4)C4(c6ccccc6-5)c5ccccc5-c5ccc(N(c6ccccc6)c6ccc(-c7ccccc7)cc6)cc54)cc(N(c4ccccc4)c4ccc(-c5ccccc5)cc4)c3)cc2)cc1. The summed E-state index contributed by atoms with van der Waals surface area (Å²) in [6, 6.07) is 131. The highest BCUT2D eigenvalue weighted by molar-refractivity contribution is 5.98. The van der Waals surface area contributed by atoms with E-state index in [1.165, 1.54) is 77.9 Å². The van der Waals surface area contributed by atoms with Crippen molar-refractivity contribution < 1.29 is 0 Å². The molecule has 0 amide bonds. The summed E-state index contributed by atoms with van der Waals surface area (Å²) in [5.41, 5.74) is 28.4. The topological polar surface area (TPSA) is 9.72 Å². The first-order valence-corrected chi connectivity index (χ1v) is 30.3. The van der Waals surface area contributed by atoms with Gasteiger partial charge in [-0.15, -0.1) is 0 Å². The molecule has 0 fully saturated rings. The lowest BCUT2D eigenvalue weighted by molar-refractivity contribution is 0.794. The van der Waals surface area contributed by atoms with Crippen LogP contribution in [0.2, 0.25) is 0 Å². The third-order valence-electron chi connectivity index (χ3n) is 17.8. The molecule has 0 bridgehead atoms. The average molecular weight is 1120 g/mol.